The van der Waals surface area contributed by atoms with Crippen molar-refractivity contribution in [2.24, 2.45) is 0 Å². The Morgan fingerprint density at radius 2 is 1.68 bits per heavy atom. The van der Waals surface area contributed by atoms with Crippen molar-refractivity contribution in [1.82, 2.24) is 10.2 Å². The Kier molecular flexibility index (Phi) is 6.34. The first-order valence-electron chi connectivity index (χ1n) is 8.49. The van der Waals surface area contributed by atoms with E-state index in [-0.39, 0.29) is 24.3 Å². The van der Waals surface area contributed by atoms with Crippen LogP contribution in [0.5, 0.6) is 0 Å². The van der Waals surface area contributed by atoms with Crippen molar-refractivity contribution in [2.75, 3.05) is 7.05 Å². The van der Waals surface area contributed by atoms with Gasteiger partial charge in [-0.25, -0.2) is 0 Å². The molecular formula is C21H26N2O2. The van der Waals surface area contributed by atoms with E-state index in [9.17, 15) is 9.59 Å². The van der Waals surface area contributed by atoms with Gasteiger partial charge in [0.2, 0.25) is 11.8 Å². The predicted molar refractivity (Wildman–Crippen MR) is 100 cm³/mol. The summed E-state index contributed by atoms with van der Waals surface area (Å²) in [6, 6.07) is 15.6. The van der Waals surface area contributed by atoms with E-state index in [1.165, 1.54) is 12.5 Å². The molecule has 4 nitrogen and oxygen atoms in total. The van der Waals surface area contributed by atoms with Gasteiger partial charge in [0.1, 0.15) is 0 Å². The van der Waals surface area contributed by atoms with Crippen molar-refractivity contribution in [1.29, 1.82) is 0 Å². The SMILES string of the molecule is CC(=O)N[C@H](CC(=O)N(C)Cc1ccccc1C)c1ccc(C)cc1. The molecule has 4 heteroatoms. The number of hydrogen-bond donors (Lipinski definition) is 1. The number of hydrogen-bond acceptors (Lipinski definition) is 2. The molecule has 0 aliphatic heterocycles. The average Bonchev–Trinajstić information content (AvgIpc) is 2.56. The Morgan fingerprint density at radius 3 is 2.28 bits per heavy atom. The van der Waals surface area contributed by atoms with Crippen LogP contribution in [0.1, 0.15) is 41.6 Å². The van der Waals surface area contributed by atoms with E-state index in [2.05, 4.69) is 5.32 Å². The molecule has 0 spiro atoms. The summed E-state index contributed by atoms with van der Waals surface area (Å²) in [4.78, 5) is 25.9. The highest BCUT2D eigenvalue weighted by molar-refractivity contribution is 5.79. The Bertz CT molecular complexity index is 738. The van der Waals surface area contributed by atoms with Crippen LogP contribution < -0.4 is 5.32 Å². The van der Waals surface area contributed by atoms with Crippen LogP contribution in [0.3, 0.4) is 0 Å². The molecule has 1 N–H and O–H groups in total. The zero-order valence-corrected chi connectivity index (χ0v) is 15.4. The van der Waals surface area contributed by atoms with Gasteiger partial charge in [-0.2, -0.15) is 0 Å². The summed E-state index contributed by atoms with van der Waals surface area (Å²) in [5, 5.41) is 2.89. The lowest BCUT2D eigenvalue weighted by Gasteiger charge is -2.23. The molecule has 2 aromatic carbocycles. The summed E-state index contributed by atoms with van der Waals surface area (Å²) in [6.07, 6.45) is 0.241. The number of nitrogens with zero attached hydrogens (tertiary/aromatic N) is 1. The fourth-order valence-electron chi connectivity index (χ4n) is 2.76. The van der Waals surface area contributed by atoms with E-state index in [4.69, 9.17) is 0 Å². The Balaban J connectivity index is 2.09. The third kappa shape index (κ3) is 5.45. The predicted octanol–water partition coefficient (Wildman–Crippen LogP) is 3.53. The van der Waals surface area contributed by atoms with Crippen LogP contribution in [0.4, 0.5) is 0 Å². The van der Waals surface area contributed by atoms with Crippen LogP contribution in [-0.4, -0.2) is 23.8 Å². The highest BCUT2D eigenvalue weighted by atomic mass is 16.2. The lowest BCUT2D eigenvalue weighted by molar-refractivity contribution is -0.131. The largest absolute Gasteiger partial charge is 0.349 e. The number of aryl methyl sites for hydroxylation is 2. The molecule has 0 aromatic heterocycles. The molecule has 0 heterocycles. The highest BCUT2D eigenvalue weighted by Gasteiger charge is 2.20. The summed E-state index contributed by atoms with van der Waals surface area (Å²) < 4.78 is 0. The van der Waals surface area contributed by atoms with E-state index in [1.807, 2.05) is 62.4 Å². The van der Waals surface area contributed by atoms with Crippen molar-refractivity contribution in [2.45, 2.75) is 39.8 Å². The van der Waals surface area contributed by atoms with Gasteiger partial charge in [-0.05, 0) is 30.5 Å². The van der Waals surface area contributed by atoms with Gasteiger partial charge >= 0.3 is 0 Å². The van der Waals surface area contributed by atoms with Gasteiger partial charge in [0, 0.05) is 20.5 Å². The highest BCUT2D eigenvalue weighted by Crippen LogP contribution is 2.19. The van der Waals surface area contributed by atoms with E-state index in [0.717, 1.165) is 16.7 Å². The summed E-state index contributed by atoms with van der Waals surface area (Å²) in [6.45, 7) is 6.09. The van der Waals surface area contributed by atoms with Gasteiger partial charge in [-0.3, -0.25) is 9.59 Å². The van der Waals surface area contributed by atoms with E-state index < -0.39 is 0 Å². The third-order valence-electron chi connectivity index (χ3n) is 4.33. The van der Waals surface area contributed by atoms with Crippen molar-refractivity contribution in [3.05, 3.63) is 70.8 Å². The molecule has 2 aromatic rings. The maximum absolute atomic E-state index is 12.7. The van der Waals surface area contributed by atoms with E-state index in [1.54, 1.807) is 11.9 Å². The van der Waals surface area contributed by atoms with Crippen molar-refractivity contribution in [3.63, 3.8) is 0 Å². The van der Waals surface area contributed by atoms with Crippen LogP contribution in [0.15, 0.2) is 48.5 Å². The summed E-state index contributed by atoms with van der Waals surface area (Å²) >= 11 is 0. The minimum absolute atomic E-state index is 0.00239. The lowest BCUT2D eigenvalue weighted by Crippen LogP contribution is -2.33. The van der Waals surface area contributed by atoms with Crippen molar-refractivity contribution < 1.29 is 9.59 Å². The molecule has 0 radical (unpaired) electrons. The maximum Gasteiger partial charge on any atom is 0.225 e. The minimum atomic E-state index is -0.315. The molecule has 0 aliphatic carbocycles. The summed E-state index contributed by atoms with van der Waals surface area (Å²) in [7, 11) is 1.80. The molecule has 2 rings (SSSR count). The monoisotopic (exact) mass is 338 g/mol. The number of amides is 2. The molecule has 0 fully saturated rings. The van der Waals surface area contributed by atoms with Crippen LogP contribution in [-0.2, 0) is 16.1 Å². The number of rotatable bonds is 6. The van der Waals surface area contributed by atoms with Crippen LogP contribution in [0.25, 0.3) is 0 Å². The van der Waals surface area contributed by atoms with Gasteiger partial charge in [0.15, 0.2) is 0 Å². The van der Waals surface area contributed by atoms with Gasteiger partial charge in [0.05, 0.1) is 12.5 Å². The number of benzene rings is 2. The Morgan fingerprint density at radius 1 is 1.04 bits per heavy atom. The molecule has 2 amide bonds. The van der Waals surface area contributed by atoms with Gasteiger partial charge in [-0.15, -0.1) is 0 Å². The maximum atomic E-state index is 12.7. The zero-order valence-electron chi connectivity index (χ0n) is 15.4. The second kappa shape index (κ2) is 8.47. The molecule has 0 unspecified atom stereocenters. The first-order chi connectivity index (χ1) is 11.9. The van der Waals surface area contributed by atoms with Crippen molar-refractivity contribution in [3.8, 4) is 0 Å². The average molecular weight is 338 g/mol. The smallest absolute Gasteiger partial charge is 0.225 e. The van der Waals surface area contributed by atoms with Crippen LogP contribution >= 0.6 is 0 Å². The molecule has 0 saturated carbocycles. The first-order valence-corrected chi connectivity index (χ1v) is 8.49. The molecular weight excluding hydrogens is 312 g/mol. The van der Waals surface area contributed by atoms with Crippen LogP contribution in [0, 0.1) is 13.8 Å². The molecule has 0 saturated heterocycles. The fraction of sp³-hybridized carbons (Fsp3) is 0.333. The second-order valence-corrected chi connectivity index (χ2v) is 6.54. The second-order valence-electron chi connectivity index (χ2n) is 6.54. The van der Waals surface area contributed by atoms with Gasteiger partial charge < -0.3 is 10.2 Å². The first kappa shape index (κ1) is 18.7. The van der Waals surface area contributed by atoms with E-state index in [0.29, 0.717) is 6.54 Å². The lowest BCUT2D eigenvalue weighted by atomic mass is 10.0. The quantitative estimate of drug-likeness (QED) is 0.876. The molecule has 0 bridgehead atoms. The van der Waals surface area contributed by atoms with Gasteiger partial charge in [-0.1, -0.05) is 54.1 Å². The summed E-state index contributed by atoms with van der Waals surface area (Å²) in [5.74, 6) is -0.137. The zero-order chi connectivity index (χ0) is 18.4. The van der Waals surface area contributed by atoms with Crippen molar-refractivity contribution >= 4 is 11.8 Å². The van der Waals surface area contributed by atoms with Gasteiger partial charge in [0.25, 0.3) is 0 Å². The number of carbonyl (C=O) groups excluding carboxylic acids is 2. The molecule has 25 heavy (non-hydrogen) atoms. The molecule has 1 atom stereocenters. The Labute approximate surface area is 149 Å². The summed E-state index contributed by atoms with van der Waals surface area (Å²) in [5.41, 5.74) is 4.38. The molecule has 132 valence electrons. The topological polar surface area (TPSA) is 49.4 Å². The van der Waals surface area contributed by atoms with Crippen LogP contribution in [0.2, 0.25) is 0 Å². The Hall–Kier alpha value is -2.62. The molecule has 0 aliphatic rings. The number of carbonyl (C=O) groups is 2. The normalized spacial score (nSPS) is 11.7. The number of nitrogens with one attached hydrogen (secondary N) is 1. The standard InChI is InChI=1S/C21H26N2O2/c1-15-9-11-18(12-10-15)20(22-17(3)24)13-21(25)23(4)14-19-8-6-5-7-16(19)2/h5-12,20H,13-14H2,1-4H3,(H,22,24)/t20-/m1/s1. The minimum Gasteiger partial charge on any atom is -0.349 e. The fourth-order valence-corrected chi connectivity index (χ4v) is 2.76. The van der Waals surface area contributed by atoms with E-state index >= 15 is 0 Å². The third-order valence-corrected chi connectivity index (χ3v) is 4.33.